The van der Waals surface area contributed by atoms with Gasteiger partial charge in [0.25, 0.3) is 11.8 Å². The van der Waals surface area contributed by atoms with Gasteiger partial charge >= 0.3 is 12.1 Å². The monoisotopic (exact) mass is 816 g/mol. The fraction of sp³-hybridized carbons (Fsp3) is 0.385. The predicted octanol–water partition coefficient (Wildman–Crippen LogP) is 6.86. The Morgan fingerprint density at radius 3 is 2.46 bits per heavy atom. The number of anilines is 2. The summed E-state index contributed by atoms with van der Waals surface area (Å²) < 4.78 is 40.0. The van der Waals surface area contributed by atoms with Crippen LogP contribution in [-0.2, 0) is 26.3 Å². The lowest BCUT2D eigenvalue weighted by Gasteiger charge is -2.29. The fourth-order valence-corrected chi connectivity index (χ4v) is 7.00. The summed E-state index contributed by atoms with van der Waals surface area (Å²) in [6, 6.07) is 14.4. The van der Waals surface area contributed by atoms with Crippen molar-refractivity contribution in [1.29, 1.82) is 0 Å². The van der Waals surface area contributed by atoms with Gasteiger partial charge in [-0.15, -0.1) is 0 Å². The van der Waals surface area contributed by atoms with Gasteiger partial charge in [0.15, 0.2) is 0 Å². The van der Waals surface area contributed by atoms with E-state index in [2.05, 4.69) is 31.4 Å². The minimum absolute atomic E-state index is 0.0698. The van der Waals surface area contributed by atoms with Crippen LogP contribution in [0, 0.1) is 0 Å². The second-order valence-corrected chi connectivity index (χ2v) is 14.6. The lowest BCUT2D eigenvalue weighted by molar-refractivity contribution is -0.141. The molecule has 56 heavy (non-hydrogen) atoms. The van der Waals surface area contributed by atoms with Gasteiger partial charge in [0.2, 0.25) is 11.8 Å². The van der Waals surface area contributed by atoms with Crippen LogP contribution in [0.5, 0.6) is 0 Å². The van der Waals surface area contributed by atoms with E-state index in [1.807, 2.05) is 12.1 Å². The van der Waals surface area contributed by atoms with Crippen LogP contribution in [0.3, 0.4) is 0 Å². The zero-order chi connectivity index (χ0) is 40.7. The van der Waals surface area contributed by atoms with Gasteiger partial charge in [-0.1, -0.05) is 29.8 Å². The van der Waals surface area contributed by atoms with E-state index in [-0.39, 0.29) is 35.6 Å². The summed E-state index contributed by atoms with van der Waals surface area (Å²) in [7, 11) is 0. The maximum Gasteiger partial charge on any atom is 0.417 e. The smallest absolute Gasteiger partial charge is 0.417 e. The molecule has 1 unspecified atom stereocenters. The number of thioether (sulfide) groups is 1. The maximum atomic E-state index is 13.5. The van der Waals surface area contributed by atoms with Crippen molar-refractivity contribution in [2.75, 3.05) is 35.6 Å². The highest BCUT2D eigenvalue weighted by molar-refractivity contribution is 7.98. The summed E-state index contributed by atoms with van der Waals surface area (Å²) >= 11 is 7.23. The Labute approximate surface area is 332 Å². The number of carboxylic acids is 1. The number of halogens is 4. The molecule has 3 aromatic rings. The van der Waals surface area contributed by atoms with E-state index < -0.39 is 46.5 Å². The molecule has 1 aliphatic rings. The Morgan fingerprint density at radius 1 is 0.982 bits per heavy atom. The summed E-state index contributed by atoms with van der Waals surface area (Å²) in [5.41, 5.74) is 3.71. The third-order valence-electron chi connectivity index (χ3n) is 8.74. The molecule has 1 fully saturated rings. The zero-order valence-electron chi connectivity index (χ0n) is 30.7. The minimum Gasteiger partial charge on any atom is -0.480 e. The van der Waals surface area contributed by atoms with E-state index >= 15 is 0 Å². The summed E-state index contributed by atoms with van der Waals surface area (Å²) in [5, 5.41) is 20.6. The first-order valence-corrected chi connectivity index (χ1v) is 19.6. The number of nitrogens with zero attached hydrogens (tertiary/aromatic N) is 2. The summed E-state index contributed by atoms with van der Waals surface area (Å²) in [5.74, 6) is -1.74. The molecule has 1 atom stereocenters. The predicted molar refractivity (Wildman–Crippen MR) is 211 cm³/mol. The number of benzene rings is 3. The van der Waals surface area contributed by atoms with E-state index in [0.29, 0.717) is 36.5 Å². The van der Waals surface area contributed by atoms with Crippen molar-refractivity contribution in [3.8, 4) is 0 Å². The number of carbonyl (C=O) groups is 5. The zero-order valence-corrected chi connectivity index (χ0v) is 32.3. The molecule has 4 rings (SSSR count). The molecule has 0 aromatic heterocycles. The number of carbonyl (C=O) groups excluding carboxylic acids is 4. The lowest BCUT2D eigenvalue weighted by atomic mass is 10.1. The van der Waals surface area contributed by atoms with Gasteiger partial charge in [-0.05, 0) is 92.1 Å². The van der Waals surface area contributed by atoms with Crippen LogP contribution >= 0.6 is 23.4 Å². The topological polar surface area (TPSA) is 169 Å². The molecular weight excluding hydrogens is 773 g/mol. The van der Waals surface area contributed by atoms with E-state index in [1.54, 1.807) is 30.3 Å². The van der Waals surface area contributed by atoms with Crippen LogP contribution in [0.15, 0.2) is 65.8 Å². The van der Waals surface area contributed by atoms with Gasteiger partial charge in [0, 0.05) is 55.7 Å². The Bertz CT molecular complexity index is 1910. The minimum atomic E-state index is -4.67. The molecule has 0 aliphatic carbocycles. The van der Waals surface area contributed by atoms with Gasteiger partial charge in [-0.25, -0.2) is 10.2 Å². The molecule has 0 saturated carbocycles. The van der Waals surface area contributed by atoms with Crippen molar-refractivity contribution >= 4 is 70.6 Å². The molecular formula is C39H44ClF3N6O6S. The highest BCUT2D eigenvalue weighted by Crippen LogP contribution is 2.35. The number of alkyl halides is 3. The first-order valence-electron chi connectivity index (χ1n) is 18.0. The number of amides is 4. The molecule has 300 valence electrons. The van der Waals surface area contributed by atoms with Gasteiger partial charge in [-0.3, -0.25) is 19.2 Å². The number of hydrogen-bond acceptors (Lipinski definition) is 8. The van der Waals surface area contributed by atoms with Crippen LogP contribution in [0.2, 0.25) is 5.02 Å². The van der Waals surface area contributed by atoms with Gasteiger partial charge < -0.3 is 26.0 Å². The Kier molecular flexibility index (Phi) is 16.6. The third-order valence-corrected chi connectivity index (χ3v) is 10.1. The van der Waals surface area contributed by atoms with Crippen molar-refractivity contribution < 1.29 is 42.3 Å². The molecule has 5 N–H and O–H groups in total. The Hall–Kier alpha value is -5.09. The SMILES string of the molecule is CC(=O)NC(CCCCNC(=O)CCSCc1cccc(C(=O)Nc2ccc(N3CCCCC3)cc2C(=O)N/N=C/c2ccc(Cl)c(C(F)(F)F)c2)c1)C(=O)O. The second-order valence-electron chi connectivity index (χ2n) is 13.1. The molecule has 0 bridgehead atoms. The van der Waals surface area contributed by atoms with Gasteiger partial charge in [0.1, 0.15) is 6.04 Å². The quantitative estimate of drug-likeness (QED) is 0.0527. The summed E-state index contributed by atoms with van der Waals surface area (Å²) in [6.07, 6.45) is 1.12. The lowest BCUT2D eigenvalue weighted by Crippen LogP contribution is -2.39. The Balaban J connectivity index is 1.33. The van der Waals surface area contributed by atoms with E-state index in [9.17, 15) is 42.3 Å². The first kappa shape index (κ1) is 43.6. The molecule has 0 spiro atoms. The normalized spacial score (nSPS) is 13.6. The van der Waals surface area contributed by atoms with Crippen LogP contribution in [0.1, 0.15) is 89.3 Å². The molecule has 1 saturated heterocycles. The summed E-state index contributed by atoms with van der Waals surface area (Å²) in [4.78, 5) is 63.7. The standard InChI is InChI=1S/C39H44ClF3N6O6S/c1-25(50)46-34(38(54)55)10-3-4-16-44-35(51)15-19-56-24-27-8-7-9-28(20-27)36(52)47-33-14-12-29(49-17-5-2-6-18-49)22-30(33)37(53)48-45-23-26-11-13-32(40)31(21-26)39(41,42)43/h7-9,11-14,20-23,34H,2-6,10,15-19,24H2,1H3,(H,44,51)(H,46,50)(H,47,52)(H,48,53)(H,54,55)/b45-23+. The molecule has 0 radical (unpaired) electrons. The number of piperidine rings is 1. The van der Waals surface area contributed by atoms with Crippen molar-refractivity contribution in [2.24, 2.45) is 5.10 Å². The average Bonchev–Trinajstić information content (AvgIpc) is 3.16. The van der Waals surface area contributed by atoms with Crippen LogP contribution < -0.4 is 26.3 Å². The van der Waals surface area contributed by atoms with Crippen molar-refractivity contribution in [2.45, 2.75) is 69.8 Å². The molecule has 1 aliphatic heterocycles. The van der Waals surface area contributed by atoms with Crippen LogP contribution in [-0.4, -0.2) is 72.3 Å². The number of unbranched alkanes of at least 4 members (excludes halogenated alkanes) is 1. The fourth-order valence-electron chi connectivity index (χ4n) is 5.89. The Morgan fingerprint density at radius 2 is 1.75 bits per heavy atom. The van der Waals surface area contributed by atoms with Crippen LogP contribution in [0.4, 0.5) is 24.5 Å². The number of hydrazone groups is 1. The molecule has 17 heteroatoms. The van der Waals surface area contributed by atoms with E-state index in [1.165, 1.54) is 24.8 Å². The van der Waals surface area contributed by atoms with E-state index in [0.717, 1.165) is 62.0 Å². The van der Waals surface area contributed by atoms with Crippen molar-refractivity contribution in [1.82, 2.24) is 16.1 Å². The van der Waals surface area contributed by atoms with Crippen molar-refractivity contribution in [3.05, 3.63) is 93.5 Å². The number of rotatable bonds is 18. The largest absolute Gasteiger partial charge is 0.480 e. The van der Waals surface area contributed by atoms with E-state index in [4.69, 9.17) is 11.6 Å². The number of hydrogen-bond donors (Lipinski definition) is 5. The average molecular weight is 817 g/mol. The van der Waals surface area contributed by atoms with Crippen LogP contribution in [0.25, 0.3) is 0 Å². The molecule has 4 amide bonds. The molecule has 3 aromatic carbocycles. The highest BCUT2D eigenvalue weighted by atomic mass is 35.5. The van der Waals surface area contributed by atoms with Gasteiger partial charge in [0.05, 0.1) is 28.1 Å². The first-order chi connectivity index (χ1) is 26.7. The number of carboxylic acid groups (broad SMARTS) is 1. The number of nitrogens with one attached hydrogen (secondary N) is 4. The molecule has 1 heterocycles. The third kappa shape index (κ3) is 13.9. The molecule has 12 nitrogen and oxygen atoms in total. The maximum absolute atomic E-state index is 13.5. The number of aliphatic carboxylic acids is 1. The summed E-state index contributed by atoms with van der Waals surface area (Å²) in [6.45, 7) is 3.25. The highest BCUT2D eigenvalue weighted by Gasteiger charge is 2.33. The van der Waals surface area contributed by atoms with Gasteiger partial charge in [-0.2, -0.15) is 30.0 Å². The van der Waals surface area contributed by atoms with Crippen molar-refractivity contribution in [3.63, 3.8) is 0 Å². The second kappa shape index (κ2) is 21.3.